The van der Waals surface area contributed by atoms with Crippen molar-refractivity contribution in [1.82, 2.24) is 0 Å². The molecule has 0 heterocycles. The second-order valence-corrected chi connectivity index (χ2v) is 2.48. The first-order valence-corrected chi connectivity index (χ1v) is 3.54. The summed E-state index contributed by atoms with van der Waals surface area (Å²) >= 11 is 0. The van der Waals surface area contributed by atoms with Gasteiger partial charge in [-0.15, -0.1) is 0 Å². The first-order valence-electron chi connectivity index (χ1n) is 3.54. The summed E-state index contributed by atoms with van der Waals surface area (Å²) in [6.07, 6.45) is -0.116. The highest BCUT2D eigenvalue weighted by Gasteiger charge is 2.08. The van der Waals surface area contributed by atoms with Crippen molar-refractivity contribution in [2.24, 2.45) is 0 Å². The lowest BCUT2D eigenvalue weighted by atomic mass is 10.0. The van der Waals surface area contributed by atoms with E-state index in [2.05, 4.69) is 0 Å². The molecule has 3 nitrogen and oxygen atoms in total. The molecule has 0 radical (unpaired) electrons. The topological polar surface area (TPSA) is 73.6 Å². The molecule has 0 aromatic heterocycles. The van der Waals surface area contributed by atoms with E-state index in [1.165, 1.54) is 6.07 Å². The lowest BCUT2D eigenvalue weighted by Gasteiger charge is -2.02. The molecule has 1 rings (SSSR count). The van der Waals surface area contributed by atoms with Crippen molar-refractivity contribution >= 4 is 5.69 Å². The molecule has 0 aliphatic heterocycles. The minimum atomic E-state index is -0.599. The fourth-order valence-electron chi connectivity index (χ4n) is 1.02. The van der Waals surface area contributed by atoms with Crippen molar-refractivity contribution in [3.63, 3.8) is 0 Å². The Morgan fingerprint density at radius 2 is 2.08 bits per heavy atom. The van der Waals surface area contributed by atoms with Crippen LogP contribution in [0.5, 0.6) is 0 Å². The first-order chi connectivity index (χ1) is 6.19. The average molecular weight is 175 g/mol. The van der Waals surface area contributed by atoms with Crippen LogP contribution in [0, 0.1) is 28.5 Å². The van der Waals surface area contributed by atoms with Crippen molar-refractivity contribution in [2.75, 3.05) is 5.73 Å². The summed E-state index contributed by atoms with van der Waals surface area (Å²) in [5.74, 6) is -0.599. The maximum Gasteiger partial charge on any atom is 0.130 e. The molecule has 1 aromatic rings. The van der Waals surface area contributed by atoms with Crippen LogP contribution < -0.4 is 5.73 Å². The standard InChI is InChI=1S/C9H6FN3/c10-9-4-7(13)3-6(5-12)8(9)1-2-11/h3-4H,1,13H2. The van der Waals surface area contributed by atoms with E-state index in [1.54, 1.807) is 12.1 Å². The third kappa shape index (κ3) is 1.74. The number of nitrogen functional groups attached to an aromatic ring is 1. The zero-order chi connectivity index (χ0) is 9.84. The molecular formula is C9H6FN3. The van der Waals surface area contributed by atoms with Crippen molar-refractivity contribution in [3.8, 4) is 12.1 Å². The summed E-state index contributed by atoms with van der Waals surface area (Å²) in [6, 6.07) is 6.04. The van der Waals surface area contributed by atoms with Crippen LogP contribution in [0.3, 0.4) is 0 Å². The molecule has 13 heavy (non-hydrogen) atoms. The predicted octanol–water partition coefficient (Wildman–Crippen LogP) is 1.35. The number of nitriles is 2. The third-order valence-corrected chi connectivity index (χ3v) is 1.59. The fraction of sp³-hybridized carbons (Fsp3) is 0.111. The van der Waals surface area contributed by atoms with Crippen molar-refractivity contribution in [3.05, 3.63) is 29.1 Å². The van der Waals surface area contributed by atoms with E-state index < -0.39 is 5.82 Å². The van der Waals surface area contributed by atoms with Crippen LogP contribution >= 0.6 is 0 Å². The van der Waals surface area contributed by atoms with Gasteiger partial charge in [0.25, 0.3) is 0 Å². The molecule has 0 saturated heterocycles. The minimum Gasteiger partial charge on any atom is -0.399 e. The molecule has 0 unspecified atom stereocenters. The highest BCUT2D eigenvalue weighted by molar-refractivity contribution is 5.51. The van der Waals surface area contributed by atoms with Crippen LogP contribution in [0.1, 0.15) is 11.1 Å². The summed E-state index contributed by atoms with van der Waals surface area (Å²) in [4.78, 5) is 0. The Morgan fingerprint density at radius 1 is 1.38 bits per heavy atom. The van der Waals surface area contributed by atoms with Crippen LogP contribution in [0.25, 0.3) is 0 Å². The molecule has 0 bridgehead atoms. The van der Waals surface area contributed by atoms with Crippen LogP contribution in [0.4, 0.5) is 10.1 Å². The van der Waals surface area contributed by atoms with E-state index in [4.69, 9.17) is 16.3 Å². The number of nitrogens with zero attached hydrogens (tertiary/aromatic N) is 2. The molecule has 0 aliphatic rings. The first kappa shape index (κ1) is 9.02. The van der Waals surface area contributed by atoms with Gasteiger partial charge in [0.2, 0.25) is 0 Å². The molecule has 0 fully saturated rings. The maximum atomic E-state index is 13.1. The zero-order valence-electron chi connectivity index (χ0n) is 6.71. The summed E-state index contributed by atoms with van der Waals surface area (Å²) in [5, 5.41) is 17.0. The number of rotatable bonds is 1. The average Bonchev–Trinajstić information content (AvgIpc) is 2.09. The molecule has 0 atom stereocenters. The number of hydrogen-bond acceptors (Lipinski definition) is 3. The van der Waals surface area contributed by atoms with Crippen LogP contribution in [0.15, 0.2) is 12.1 Å². The molecular weight excluding hydrogens is 169 g/mol. The zero-order valence-corrected chi connectivity index (χ0v) is 6.71. The maximum absolute atomic E-state index is 13.1. The quantitative estimate of drug-likeness (QED) is 0.654. The Bertz CT molecular complexity index is 412. The lowest BCUT2D eigenvalue weighted by molar-refractivity contribution is 0.615. The van der Waals surface area contributed by atoms with Gasteiger partial charge in [0.15, 0.2) is 0 Å². The molecule has 64 valence electrons. The van der Waals surface area contributed by atoms with Crippen molar-refractivity contribution < 1.29 is 4.39 Å². The van der Waals surface area contributed by atoms with Gasteiger partial charge < -0.3 is 5.73 Å². The molecule has 2 N–H and O–H groups in total. The normalized spacial score (nSPS) is 8.85. The van der Waals surface area contributed by atoms with Gasteiger partial charge >= 0.3 is 0 Å². The van der Waals surface area contributed by atoms with Gasteiger partial charge in [-0.3, -0.25) is 0 Å². The monoisotopic (exact) mass is 175 g/mol. The highest BCUT2D eigenvalue weighted by atomic mass is 19.1. The second-order valence-electron chi connectivity index (χ2n) is 2.48. The Labute approximate surface area is 74.8 Å². The van der Waals surface area contributed by atoms with Gasteiger partial charge in [-0.2, -0.15) is 10.5 Å². The Balaban J connectivity index is 3.34. The summed E-state index contributed by atoms with van der Waals surface area (Å²) < 4.78 is 13.1. The van der Waals surface area contributed by atoms with Crippen LogP contribution in [0.2, 0.25) is 0 Å². The second kappa shape index (κ2) is 3.55. The predicted molar refractivity (Wildman–Crippen MR) is 44.8 cm³/mol. The number of benzene rings is 1. The third-order valence-electron chi connectivity index (χ3n) is 1.59. The van der Waals surface area contributed by atoms with E-state index >= 15 is 0 Å². The van der Waals surface area contributed by atoms with Gasteiger partial charge in [-0.05, 0) is 12.1 Å². The van der Waals surface area contributed by atoms with Crippen LogP contribution in [-0.4, -0.2) is 0 Å². The largest absolute Gasteiger partial charge is 0.399 e. The SMILES string of the molecule is N#CCc1c(F)cc(N)cc1C#N. The fourth-order valence-corrected chi connectivity index (χ4v) is 1.02. The highest BCUT2D eigenvalue weighted by Crippen LogP contribution is 2.17. The molecule has 1 aromatic carbocycles. The molecule has 0 aliphatic carbocycles. The van der Waals surface area contributed by atoms with Gasteiger partial charge in [-0.1, -0.05) is 0 Å². The molecule has 0 saturated carbocycles. The Kier molecular flexibility index (Phi) is 2.47. The summed E-state index contributed by atoms with van der Waals surface area (Å²) in [7, 11) is 0. The Hall–Kier alpha value is -2.07. The van der Waals surface area contributed by atoms with Gasteiger partial charge in [0.05, 0.1) is 24.1 Å². The number of hydrogen-bond donors (Lipinski definition) is 1. The van der Waals surface area contributed by atoms with E-state index in [-0.39, 0.29) is 23.2 Å². The molecule has 0 amide bonds. The van der Waals surface area contributed by atoms with Gasteiger partial charge in [-0.25, -0.2) is 4.39 Å². The number of nitrogens with two attached hydrogens (primary N) is 1. The van der Waals surface area contributed by atoms with E-state index in [9.17, 15) is 4.39 Å². The smallest absolute Gasteiger partial charge is 0.130 e. The summed E-state index contributed by atoms with van der Waals surface area (Å²) in [6.45, 7) is 0. The molecule has 4 heteroatoms. The van der Waals surface area contributed by atoms with Crippen LogP contribution in [-0.2, 0) is 6.42 Å². The number of anilines is 1. The van der Waals surface area contributed by atoms with E-state index in [0.717, 1.165) is 6.07 Å². The van der Waals surface area contributed by atoms with Gasteiger partial charge in [0, 0.05) is 11.3 Å². The van der Waals surface area contributed by atoms with E-state index in [1.807, 2.05) is 0 Å². The lowest BCUT2D eigenvalue weighted by Crippen LogP contribution is -1.97. The summed E-state index contributed by atoms with van der Waals surface area (Å²) in [5.41, 5.74) is 5.75. The van der Waals surface area contributed by atoms with Gasteiger partial charge in [0.1, 0.15) is 5.82 Å². The van der Waals surface area contributed by atoms with Crippen molar-refractivity contribution in [1.29, 1.82) is 10.5 Å². The van der Waals surface area contributed by atoms with Crippen molar-refractivity contribution in [2.45, 2.75) is 6.42 Å². The molecule has 0 spiro atoms. The minimum absolute atomic E-state index is 0.110. The van der Waals surface area contributed by atoms with E-state index in [0.29, 0.717) is 0 Å². The number of halogens is 1. The Morgan fingerprint density at radius 3 is 2.62 bits per heavy atom.